The van der Waals surface area contributed by atoms with Gasteiger partial charge in [-0.1, -0.05) is 0 Å². The molecule has 3 heterocycles. The quantitative estimate of drug-likeness (QED) is 0.686. The molecule has 0 aromatic carbocycles. The van der Waals surface area contributed by atoms with E-state index in [0.29, 0.717) is 36.7 Å². The molecule has 166 valence electrons. The van der Waals surface area contributed by atoms with E-state index in [1.807, 2.05) is 54.7 Å². The second-order valence-corrected chi connectivity index (χ2v) is 10.3. The fraction of sp³-hybridized carbons (Fsp3) is 0.714. The Hall–Kier alpha value is -1.87. The zero-order valence-electron chi connectivity index (χ0n) is 19.3. The zero-order valence-corrected chi connectivity index (χ0v) is 19.3. The molecular weight excluding hydrogens is 388 g/mol. The first-order valence-electron chi connectivity index (χ1n) is 10.4. The second kappa shape index (κ2) is 7.68. The van der Waals surface area contributed by atoms with E-state index in [2.05, 4.69) is 5.10 Å². The van der Waals surface area contributed by atoms with Crippen molar-refractivity contribution in [1.29, 1.82) is 0 Å². The molecule has 0 unspecified atom stereocenters. The van der Waals surface area contributed by atoms with Crippen LogP contribution in [0.1, 0.15) is 61.0 Å². The van der Waals surface area contributed by atoms with Crippen molar-refractivity contribution in [3.05, 3.63) is 23.7 Å². The van der Waals surface area contributed by atoms with E-state index in [1.165, 1.54) is 0 Å². The lowest BCUT2D eigenvalue weighted by atomic mass is 9.84. The van der Waals surface area contributed by atoms with Crippen LogP contribution in [0.5, 0.6) is 0 Å². The Balaban J connectivity index is 1.58. The maximum atomic E-state index is 15.0. The molecule has 2 fully saturated rings. The summed E-state index contributed by atoms with van der Waals surface area (Å²) in [6.07, 6.45) is 3.17. The summed E-state index contributed by atoms with van der Waals surface area (Å²) in [6.45, 7) is 16.8. The predicted molar refractivity (Wildman–Crippen MR) is 113 cm³/mol. The van der Waals surface area contributed by atoms with Crippen molar-refractivity contribution in [2.75, 3.05) is 13.1 Å². The number of carbonyl (C=O) groups excluding carboxylic acids is 1. The minimum atomic E-state index is -1.02. The van der Waals surface area contributed by atoms with Crippen LogP contribution >= 0.6 is 0 Å². The predicted octanol–water partition coefficient (Wildman–Crippen LogP) is 4.08. The molecule has 0 aliphatic carbocycles. The fourth-order valence-electron chi connectivity index (χ4n) is 3.34. The van der Waals surface area contributed by atoms with Gasteiger partial charge in [0.05, 0.1) is 17.4 Å². The Kier molecular flexibility index (Phi) is 5.84. The summed E-state index contributed by atoms with van der Waals surface area (Å²) in [4.78, 5) is 13.7. The number of hydrogen-bond acceptors (Lipinski definition) is 5. The molecule has 2 saturated heterocycles. The van der Waals surface area contributed by atoms with E-state index >= 15 is 4.39 Å². The molecule has 0 saturated carbocycles. The number of amides is 1. The van der Waals surface area contributed by atoms with Gasteiger partial charge in [-0.25, -0.2) is 9.18 Å². The van der Waals surface area contributed by atoms with Crippen LogP contribution in [0.2, 0.25) is 0 Å². The molecule has 7 nitrogen and oxygen atoms in total. The summed E-state index contributed by atoms with van der Waals surface area (Å²) in [6, 6.07) is 0. The summed E-state index contributed by atoms with van der Waals surface area (Å²) in [5.74, 6) is 0.294. The lowest BCUT2D eigenvalue weighted by Gasteiger charge is -2.39. The van der Waals surface area contributed by atoms with Gasteiger partial charge in [0.15, 0.2) is 0 Å². The first-order chi connectivity index (χ1) is 13.7. The third kappa shape index (κ3) is 4.72. The fourth-order valence-corrected chi connectivity index (χ4v) is 3.34. The summed E-state index contributed by atoms with van der Waals surface area (Å²) < 4.78 is 33.8. The standard InChI is InChI=1S/C21H33BFN3O4/c1-14(17(23)22-29-20(5,6)21(7,8)30-22)16-9-24-26(13-16)12-15-10-25(11-15)18(27)28-19(2,3)4/h9,13,15H,10-12H2,1-8H3. The highest BCUT2D eigenvalue weighted by Gasteiger charge is 2.53. The number of carbonyl (C=O) groups is 1. The average Bonchev–Trinajstić information content (AvgIpc) is 3.09. The molecular formula is C21H33BFN3O4. The van der Waals surface area contributed by atoms with E-state index in [-0.39, 0.29) is 6.09 Å². The Labute approximate surface area is 178 Å². The molecule has 30 heavy (non-hydrogen) atoms. The number of ether oxygens (including phenoxy) is 1. The van der Waals surface area contributed by atoms with Crippen LogP contribution in [0.25, 0.3) is 5.57 Å². The first-order valence-corrected chi connectivity index (χ1v) is 10.4. The van der Waals surface area contributed by atoms with Gasteiger partial charge >= 0.3 is 13.2 Å². The third-order valence-electron chi connectivity index (χ3n) is 5.94. The van der Waals surface area contributed by atoms with Crippen LogP contribution in [-0.4, -0.2) is 57.8 Å². The molecule has 9 heteroatoms. The summed E-state index contributed by atoms with van der Waals surface area (Å²) >= 11 is 0. The van der Waals surface area contributed by atoms with Gasteiger partial charge in [-0.2, -0.15) is 5.10 Å². The van der Waals surface area contributed by atoms with Crippen LogP contribution in [0.3, 0.4) is 0 Å². The first kappa shape index (κ1) is 22.8. The van der Waals surface area contributed by atoms with Crippen molar-refractivity contribution in [2.45, 2.75) is 78.7 Å². The zero-order chi connectivity index (χ0) is 22.5. The highest BCUT2D eigenvalue weighted by Crippen LogP contribution is 2.40. The molecule has 1 aromatic heterocycles. The lowest BCUT2D eigenvalue weighted by Crippen LogP contribution is -2.52. The number of rotatable bonds is 4. The molecule has 3 rings (SSSR count). The summed E-state index contributed by atoms with van der Waals surface area (Å²) in [5, 5.41) is 4.35. The maximum absolute atomic E-state index is 15.0. The number of hydrogen-bond donors (Lipinski definition) is 0. The minimum Gasteiger partial charge on any atom is -0.444 e. The topological polar surface area (TPSA) is 65.8 Å². The van der Waals surface area contributed by atoms with Gasteiger partial charge < -0.3 is 18.9 Å². The maximum Gasteiger partial charge on any atom is 0.525 e. The largest absolute Gasteiger partial charge is 0.525 e. The van der Waals surface area contributed by atoms with Crippen molar-refractivity contribution in [3.8, 4) is 0 Å². The molecule has 2 aliphatic heterocycles. The average molecular weight is 421 g/mol. The van der Waals surface area contributed by atoms with E-state index in [9.17, 15) is 4.79 Å². The molecule has 0 atom stereocenters. The van der Waals surface area contributed by atoms with Gasteiger partial charge in [0.1, 0.15) is 11.3 Å². The molecule has 0 spiro atoms. The van der Waals surface area contributed by atoms with Crippen molar-refractivity contribution in [3.63, 3.8) is 0 Å². The minimum absolute atomic E-state index is 0.289. The molecule has 1 aromatic rings. The monoisotopic (exact) mass is 421 g/mol. The van der Waals surface area contributed by atoms with Crippen molar-refractivity contribution in [1.82, 2.24) is 14.7 Å². The highest BCUT2D eigenvalue weighted by molar-refractivity contribution is 6.55. The molecule has 1 amide bonds. The van der Waals surface area contributed by atoms with Crippen molar-refractivity contribution < 1.29 is 23.2 Å². The molecule has 0 N–H and O–H groups in total. The molecule has 2 aliphatic rings. The Morgan fingerprint density at radius 3 is 2.37 bits per heavy atom. The highest BCUT2D eigenvalue weighted by atomic mass is 19.1. The van der Waals surface area contributed by atoms with Crippen LogP contribution < -0.4 is 0 Å². The van der Waals surface area contributed by atoms with Crippen LogP contribution in [0.4, 0.5) is 9.18 Å². The van der Waals surface area contributed by atoms with Gasteiger partial charge in [-0.3, -0.25) is 4.68 Å². The van der Waals surface area contributed by atoms with Crippen LogP contribution in [0, 0.1) is 5.92 Å². The van der Waals surface area contributed by atoms with Crippen molar-refractivity contribution in [2.24, 2.45) is 5.92 Å². The van der Waals surface area contributed by atoms with Gasteiger partial charge in [-0.05, 0) is 61.0 Å². The SMILES string of the molecule is CC(=C(F)B1OC(C)(C)C(C)(C)O1)c1cnn(CC2CN(C(=O)OC(C)(C)C)C2)c1. The van der Waals surface area contributed by atoms with E-state index in [0.717, 1.165) is 0 Å². The Bertz CT molecular complexity index is 822. The van der Waals surface area contributed by atoms with E-state index < -0.39 is 29.6 Å². The Morgan fingerprint density at radius 1 is 1.27 bits per heavy atom. The van der Waals surface area contributed by atoms with Gasteiger partial charge in [0, 0.05) is 37.3 Å². The summed E-state index contributed by atoms with van der Waals surface area (Å²) in [7, 11) is -1.02. The van der Waals surface area contributed by atoms with Crippen molar-refractivity contribution >= 4 is 18.8 Å². The smallest absolute Gasteiger partial charge is 0.444 e. The van der Waals surface area contributed by atoms with Gasteiger partial charge in [-0.15, -0.1) is 0 Å². The number of nitrogens with zero attached hydrogens (tertiary/aromatic N) is 3. The van der Waals surface area contributed by atoms with Gasteiger partial charge in [0.2, 0.25) is 0 Å². The van der Waals surface area contributed by atoms with E-state index in [4.69, 9.17) is 14.0 Å². The summed E-state index contributed by atoms with van der Waals surface area (Å²) in [5.41, 5.74) is -0.986. The van der Waals surface area contributed by atoms with E-state index in [1.54, 1.807) is 22.7 Å². The normalized spacial score (nSPS) is 22.0. The van der Waals surface area contributed by atoms with Crippen LogP contribution in [0.15, 0.2) is 18.1 Å². The third-order valence-corrected chi connectivity index (χ3v) is 5.94. The molecule has 0 radical (unpaired) electrons. The second-order valence-electron chi connectivity index (χ2n) is 10.3. The van der Waals surface area contributed by atoms with Crippen LogP contribution in [-0.2, 0) is 20.6 Å². The number of aromatic nitrogens is 2. The number of halogens is 1. The van der Waals surface area contributed by atoms with Gasteiger partial charge in [0.25, 0.3) is 0 Å². The Morgan fingerprint density at radius 2 is 1.83 bits per heavy atom. The molecule has 0 bridgehead atoms. The lowest BCUT2D eigenvalue weighted by molar-refractivity contribution is -0.00384. The number of allylic oxidation sites excluding steroid dienone is 1. The number of likely N-dealkylation sites (tertiary alicyclic amines) is 1.